The molecular formula is C15H23N3O. The molecule has 4 nitrogen and oxygen atoms in total. The Morgan fingerprint density at radius 2 is 2.32 bits per heavy atom. The van der Waals surface area contributed by atoms with Crippen molar-refractivity contribution >= 4 is 5.91 Å². The van der Waals surface area contributed by atoms with Crippen molar-refractivity contribution in [2.24, 2.45) is 11.8 Å². The van der Waals surface area contributed by atoms with E-state index in [1.54, 1.807) is 0 Å². The molecule has 1 amide bonds. The predicted octanol–water partition coefficient (Wildman–Crippen LogP) is 2.28. The highest BCUT2D eigenvalue weighted by atomic mass is 16.1. The van der Waals surface area contributed by atoms with Gasteiger partial charge in [0.25, 0.3) is 0 Å². The van der Waals surface area contributed by atoms with Gasteiger partial charge in [0.15, 0.2) is 0 Å². The number of hydrogen-bond donors (Lipinski definition) is 1. The van der Waals surface area contributed by atoms with Crippen LogP contribution in [0.25, 0.3) is 0 Å². The minimum Gasteiger partial charge on any atom is -0.353 e. The maximum atomic E-state index is 12.0. The molecule has 1 aromatic heterocycles. The molecule has 3 rings (SSSR count). The standard InChI is InChI=1S/C15H23N3O/c1-11-9-16-18(10-11)8-7-15(19)17-14-6-5-12-3-2-4-13(12)14/h9-10,12-14H,2-8H2,1H3,(H,17,19)/t12-,13-,14-/m1/s1. The average Bonchev–Trinajstić information content (AvgIpc) is 3.05. The number of carbonyl (C=O) groups excluding carboxylic acids is 1. The van der Waals surface area contributed by atoms with Gasteiger partial charge in [-0.1, -0.05) is 12.8 Å². The molecule has 0 bridgehead atoms. The summed E-state index contributed by atoms with van der Waals surface area (Å²) in [6.07, 6.45) is 10.9. The molecule has 104 valence electrons. The van der Waals surface area contributed by atoms with Crippen molar-refractivity contribution in [2.45, 2.75) is 58.0 Å². The van der Waals surface area contributed by atoms with Crippen LogP contribution < -0.4 is 5.32 Å². The van der Waals surface area contributed by atoms with Gasteiger partial charge in [-0.15, -0.1) is 0 Å². The fraction of sp³-hybridized carbons (Fsp3) is 0.733. The summed E-state index contributed by atoms with van der Waals surface area (Å²) in [5.74, 6) is 1.83. The van der Waals surface area contributed by atoms with Crippen LogP contribution in [0.3, 0.4) is 0 Å². The topological polar surface area (TPSA) is 46.9 Å². The molecule has 0 saturated heterocycles. The summed E-state index contributed by atoms with van der Waals surface area (Å²) in [6, 6.07) is 0.444. The summed E-state index contributed by atoms with van der Waals surface area (Å²) >= 11 is 0. The first kappa shape index (κ1) is 12.7. The number of nitrogens with zero attached hydrogens (tertiary/aromatic N) is 2. The lowest BCUT2D eigenvalue weighted by atomic mass is 9.97. The fourth-order valence-corrected chi connectivity index (χ4v) is 3.82. The Balaban J connectivity index is 1.46. The van der Waals surface area contributed by atoms with E-state index in [2.05, 4.69) is 10.4 Å². The third kappa shape index (κ3) is 2.82. The molecule has 0 aromatic carbocycles. The van der Waals surface area contributed by atoms with E-state index in [1.807, 2.05) is 24.0 Å². The first-order valence-corrected chi connectivity index (χ1v) is 7.51. The number of rotatable bonds is 4. The van der Waals surface area contributed by atoms with Crippen LogP contribution in [0.1, 0.15) is 44.1 Å². The molecule has 2 aliphatic rings. The largest absolute Gasteiger partial charge is 0.353 e. The summed E-state index contributed by atoms with van der Waals surface area (Å²) < 4.78 is 1.85. The molecule has 0 spiro atoms. The normalized spacial score (nSPS) is 29.4. The summed E-state index contributed by atoms with van der Waals surface area (Å²) in [5, 5.41) is 7.46. The molecule has 19 heavy (non-hydrogen) atoms. The van der Waals surface area contributed by atoms with Gasteiger partial charge >= 0.3 is 0 Å². The second-order valence-electron chi connectivity index (χ2n) is 6.14. The van der Waals surface area contributed by atoms with E-state index in [1.165, 1.54) is 32.1 Å². The predicted molar refractivity (Wildman–Crippen MR) is 73.6 cm³/mol. The van der Waals surface area contributed by atoms with Crippen LogP contribution in [-0.4, -0.2) is 21.7 Å². The van der Waals surface area contributed by atoms with Crippen molar-refractivity contribution < 1.29 is 4.79 Å². The smallest absolute Gasteiger partial charge is 0.222 e. The Morgan fingerprint density at radius 3 is 3.11 bits per heavy atom. The van der Waals surface area contributed by atoms with Gasteiger partial charge in [-0.3, -0.25) is 9.48 Å². The van der Waals surface area contributed by atoms with Crippen molar-refractivity contribution in [3.05, 3.63) is 18.0 Å². The van der Waals surface area contributed by atoms with E-state index >= 15 is 0 Å². The molecule has 0 aliphatic heterocycles. The van der Waals surface area contributed by atoms with Gasteiger partial charge in [0.2, 0.25) is 5.91 Å². The summed E-state index contributed by atoms with van der Waals surface area (Å²) in [4.78, 5) is 12.0. The van der Waals surface area contributed by atoms with E-state index in [0.29, 0.717) is 19.0 Å². The molecule has 0 unspecified atom stereocenters. The Morgan fingerprint density at radius 1 is 1.42 bits per heavy atom. The Labute approximate surface area is 114 Å². The molecular weight excluding hydrogens is 238 g/mol. The number of aromatic nitrogens is 2. The molecule has 1 aromatic rings. The Kier molecular flexibility index (Phi) is 3.58. The highest BCUT2D eigenvalue weighted by Crippen LogP contribution is 2.43. The Bertz CT molecular complexity index is 454. The maximum Gasteiger partial charge on any atom is 0.222 e. The van der Waals surface area contributed by atoms with Crippen molar-refractivity contribution in [2.75, 3.05) is 0 Å². The van der Waals surface area contributed by atoms with Crippen molar-refractivity contribution in [3.8, 4) is 0 Å². The van der Waals surface area contributed by atoms with E-state index in [0.717, 1.165) is 17.4 Å². The number of aryl methyl sites for hydroxylation is 2. The third-order valence-electron chi connectivity index (χ3n) is 4.76. The van der Waals surface area contributed by atoms with Crippen LogP contribution in [0.15, 0.2) is 12.4 Å². The number of fused-ring (bicyclic) bond motifs is 1. The van der Waals surface area contributed by atoms with Gasteiger partial charge in [0.05, 0.1) is 6.20 Å². The highest BCUT2D eigenvalue weighted by Gasteiger charge is 2.39. The minimum absolute atomic E-state index is 0.186. The van der Waals surface area contributed by atoms with Crippen LogP contribution in [0.4, 0.5) is 0 Å². The van der Waals surface area contributed by atoms with Gasteiger partial charge < -0.3 is 5.32 Å². The van der Waals surface area contributed by atoms with Crippen molar-refractivity contribution in [1.29, 1.82) is 0 Å². The van der Waals surface area contributed by atoms with E-state index < -0.39 is 0 Å². The number of hydrogen-bond acceptors (Lipinski definition) is 2. The third-order valence-corrected chi connectivity index (χ3v) is 4.76. The number of carbonyl (C=O) groups is 1. The summed E-state index contributed by atoms with van der Waals surface area (Å²) in [7, 11) is 0. The van der Waals surface area contributed by atoms with Crippen molar-refractivity contribution in [3.63, 3.8) is 0 Å². The molecule has 4 heteroatoms. The van der Waals surface area contributed by atoms with Crippen LogP contribution >= 0.6 is 0 Å². The molecule has 1 N–H and O–H groups in total. The zero-order chi connectivity index (χ0) is 13.2. The molecule has 2 saturated carbocycles. The lowest BCUT2D eigenvalue weighted by Crippen LogP contribution is -2.38. The molecule has 3 atom stereocenters. The summed E-state index contributed by atoms with van der Waals surface area (Å²) in [5.41, 5.74) is 1.14. The Hall–Kier alpha value is -1.32. The average molecular weight is 261 g/mol. The van der Waals surface area contributed by atoms with Crippen LogP contribution in [0, 0.1) is 18.8 Å². The lowest BCUT2D eigenvalue weighted by Gasteiger charge is -2.20. The molecule has 1 heterocycles. The second-order valence-corrected chi connectivity index (χ2v) is 6.14. The van der Waals surface area contributed by atoms with Crippen LogP contribution in [-0.2, 0) is 11.3 Å². The first-order valence-electron chi connectivity index (χ1n) is 7.51. The van der Waals surface area contributed by atoms with Gasteiger partial charge in [0, 0.05) is 25.2 Å². The zero-order valence-electron chi connectivity index (χ0n) is 11.6. The fourth-order valence-electron chi connectivity index (χ4n) is 3.82. The van der Waals surface area contributed by atoms with Gasteiger partial charge in [-0.25, -0.2) is 0 Å². The molecule has 2 aliphatic carbocycles. The van der Waals surface area contributed by atoms with Gasteiger partial charge in [-0.2, -0.15) is 5.10 Å². The lowest BCUT2D eigenvalue weighted by molar-refractivity contribution is -0.122. The minimum atomic E-state index is 0.186. The molecule has 0 radical (unpaired) electrons. The second kappa shape index (κ2) is 5.35. The van der Waals surface area contributed by atoms with Crippen LogP contribution in [0.2, 0.25) is 0 Å². The number of amides is 1. The zero-order valence-corrected chi connectivity index (χ0v) is 11.6. The van der Waals surface area contributed by atoms with Crippen LogP contribution in [0.5, 0.6) is 0 Å². The van der Waals surface area contributed by atoms with E-state index in [-0.39, 0.29) is 5.91 Å². The summed E-state index contributed by atoms with van der Waals surface area (Å²) in [6.45, 7) is 2.70. The SMILES string of the molecule is Cc1cnn(CCC(=O)N[C@@H]2CC[C@H]3CCC[C@H]32)c1. The maximum absolute atomic E-state index is 12.0. The number of nitrogens with one attached hydrogen (secondary N) is 1. The quantitative estimate of drug-likeness (QED) is 0.904. The van der Waals surface area contributed by atoms with Gasteiger partial charge in [0.1, 0.15) is 0 Å². The van der Waals surface area contributed by atoms with Gasteiger partial charge in [-0.05, 0) is 43.6 Å². The first-order chi connectivity index (χ1) is 9.22. The highest BCUT2D eigenvalue weighted by molar-refractivity contribution is 5.76. The monoisotopic (exact) mass is 261 g/mol. The van der Waals surface area contributed by atoms with E-state index in [9.17, 15) is 4.79 Å². The van der Waals surface area contributed by atoms with E-state index in [4.69, 9.17) is 0 Å². The van der Waals surface area contributed by atoms with Crippen molar-refractivity contribution in [1.82, 2.24) is 15.1 Å². The molecule has 2 fully saturated rings.